The highest BCUT2D eigenvalue weighted by Gasteiger charge is 2.02. The molecule has 16 heavy (non-hydrogen) atoms. The van der Waals surface area contributed by atoms with E-state index < -0.39 is 0 Å². The highest BCUT2D eigenvalue weighted by Crippen LogP contribution is 2.29. The zero-order valence-corrected chi connectivity index (χ0v) is 8.68. The predicted octanol–water partition coefficient (Wildman–Crippen LogP) is 2.23. The van der Waals surface area contributed by atoms with Gasteiger partial charge in [0.2, 0.25) is 0 Å². The number of nitrogens with two attached hydrogens (primary N) is 3. The van der Waals surface area contributed by atoms with Gasteiger partial charge >= 0.3 is 0 Å². The van der Waals surface area contributed by atoms with Crippen molar-refractivity contribution in [1.82, 2.24) is 0 Å². The second kappa shape index (κ2) is 4.02. The van der Waals surface area contributed by atoms with Crippen molar-refractivity contribution in [2.45, 2.75) is 0 Å². The summed E-state index contributed by atoms with van der Waals surface area (Å²) >= 11 is 0. The molecule has 0 fully saturated rings. The first kappa shape index (κ1) is 10.2. The number of anilines is 3. The number of nitrogen functional groups attached to an aromatic ring is 3. The summed E-state index contributed by atoms with van der Waals surface area (Å²) in [6.07, 6.45) is 0. The maximum Gasteiger partial charge on any atom is 0.152 e. The van der Waals surface area contributed by atoms with Gasteiger partial charge in [0.1, 0.15) is 5.75 Å². The quantitative estimate of drug-likeness (QED) is 0.670. The minimum atomic E-state index is 0.533. The zero-order chi connectivity index (χ0) is 11.5. The van der Waals surface area contributed by atoms with Crippen molar-refractivity contribution < 1.29 is 4.74 Å². The first-order valence-electron chi connectivity index (χ1n) is 4.83. The molecular formula is C12H13N3O. The summed E-state index contributed by atoms with van der Waals surface area (Å²) < 4.78 is 5.59. The van der Waals surface area contributed by atoms with Crippen molar-refractivity contribution in [2.24, 2.45) is 0 Å². The topological polar surface area (TPSA) is 87.3 Å². The average molecular weight is 215 g/mol. The van der Waals surface area contributed by atoms with Gasteiger partial charge in [-0.25, -0.2) is 0 Å². The summed E-state index contributed by atoms with van der Waals surface area (Å²) in [6.45, 7) is 0. The molecule has 0 spiro atoms. The Morgan fingerprint density at radius 3 is 2.31 bits per heavy atom. The summed E-state index contributed by atoms with van der Waals surface area (Å²) in [4.78, 5) is 0. The van der Waals surface area contributed by atoms with Crippen LogP contribution in [-0.4, -0.2) is 0 Å². The summed E-state index contributed by atoms with van der Waals surface area (Å²) in [6, 6.07) is 12.2. The minimum absolute atomic E-state index is 0.533. The lowest BCUT2D eigenvalue weighted by Gasteiger charge is -2.09. The molecular weight excluding hydrogens is 202 g/mol. The molecule has 6 N–H and O–H groups in total. The van der Waals surface area contributed by atoms with Crippen molar-refractivity contribution in [3.8, 4) is 11.5 Å². The number of rotatable bonds is 2. The Kier molecular flexibility index (Phi) is 2.55. The number of benzene rings is 2. The molecule has 0 aliphatic rings. The SMILES string of the molecule is Nc1cccc(Oc2cc(N)ccc2N)c1. The fraction of sp³-hybridized carbons (Fsp3) is 0. The van der Waals surface area contributed by atoms with Gasteiger partial charge in [0.25, 0.3) is 0 Å². The van der Waals surface area contributed by atoms with E-state index in [1.807, 2.05) is 6.07 Å². The molecule has 0 amide bonds. The summed E-state index contributed by atoms with van der Waals surface area (Å²) in [7, 11) is 0. The zero-order valence-electron chi connectivity index (χ0n) is 8.68. The van der Waals surface area contributed by atoms with Crippen molar-refractivity contribution in [3.05, 3.63) is 42.5 Å². The second-order valence-corrected chi connectivity index (χ2v) is 3.47. The molecule has 0 aliphatic heterocycles. The second-order valence-electron chi connectivity index (χ2n) is 3.47. The van der Waals surface area contributed by atoms with E-state index in [2.05, 4.69) is 0 Å². The molecule has 0 saturated carbocycles. The lowest BCUT2D eigenvalue weighted by molar-refractivity contribution is 0.485. The van der Waals surface area contributed by atoms with Gasteiger partial charge in [-0.15, -0.1) is 0 Å². The number of ether oxygens (including phenoxy) is 1. The van der Waals surface area contributed by atoms with E-state index in [9.17, 15) is 0 Å². The largest absolute Gasteiger partial charge is 0.455 e. The van der Waals surface area contributed by atoms with E-state index in [-0.39, 0.29) is 0 Å². The van der Waals surface area contributed by atoms with E-state index in [1.54, 1.807) is 36.4 Å². The molecule has 0 saturated heterocycles. The molecule has 82 valence electrons. The molecule has 0 heterocycles. The standard InChI is InChI=1S/C12H13N3O/c13-8-2-1-3-10(6-8)16-12-7-9(14)4-5-11(12)15/h1-7H,13-15H2. The van der Waals surface area contributed by atoms with E-state index >= 15 is 0 Å². The number of hydrogen-bond acceptors (Lipinski definition) is 4. The lowest BCUT2D eigenvalue weighted by atomic mass is 10.2. The molecule has 0 radical (unpaired) electrons. The third-order valence-electron chi connectivity index (χ3n) is 2.12. The Bertz CT molecular complexity index is 511. The maximum atomic E-state index is 5.76. The van der Waals surface area contributed by atoms with Crippen LogP contribution in [0.15, 0.2) is 42.5 Å². The Morgan fingerprint density at radius 1 is 0.812 bits per heavy atom. The Hall–Kier alpha value is -2.36. The van der Waals surface area contributed by atoms with Crippen LogP contribution >= 0.6 is 0 Å². The molecule has 0 bridgehead atoms. The predicted molar refractivity (Wildman–Crippen MR) is 66.2 cm³/mol. The van der Waals surface area contributed by atoms with Crippen LogP contribution in [0.5, 0.6) is 11.5 Å². The third kappa shape index (κ3) is 2.17. The molecule has 4 nitrogen and oxygen atoms in total. The van der Waals surface area contributed by atoms with Crippen LogP contribution in [0.1, 0.15) is 0 Å². The van der Waals surface area contributed by atoms with E-state index in [0.717, 1.165) is 0 Å². The van der Waals surface area contributed by atoms with E-state index in [1.165, 1.54) is 0 Å². The number of hydrogen-bond donors (Lipinski definition) is 3. The third-order valence-corrected chi connectivity index (χ3v) is 2.12. The Morgan fingerprint density at radius 2 is 1.56 bits per heavy atom. The van der Waals surface area contributed by atoms with Crippen LogP contribution < -0.4 is 21.9 Å². The minimum Gasteiger partial charge on any atom is -0.455 e. The molecule has 0 aromatic heterocycles. The van der Waals surface area contributed by atoms with Crippen LogP contribution in [-0.2, 0) is 0 Å². The Balaban J connectivity index is 2.30. The summed E-state index contributed by atoms with van der Waals surface area (Å²) in [5, 5.41) is 0. The monoisotopic (exact) mass is 215 g/mol. The Labute approximate surface area is 93.6 Å². The van der Waals surface area contributed by atoms with Crippen molar-refractivity contribution in [1.29, 1.82) is 0 Å². The molecule has 0 unspecified atom stereocenters. The van der Waals surface area contributed by atoms with Crippen LogP contribution in [0.3, 0.4) is 0 Å². The van der Waals surface area contributed by atoms with Crippen LogP contribution in [0.25, 0.3) is 0 Å². The van der Waals surface area contributed by atoms with E-state index in [0.29, 0.717) is 28.6 Å². The van der Waals surface area contributed by atoms with Crippen LogP contribution in [0.2, 0.25) is 0 Å². The van der Waals surface area contributed by atoms with Gasteiger partial charge in [0.15, 0.2) is 5.75 Å². The van der Waals surface area contributed by atoms with Gasteiger partial charge < -0.3 is 21.9 Å². The molecule has 2 aromatic carbocycles. The maximum absolute atomic E-state index is 5.76. The highest BCUT2D eigenvalue weighted by atomic mass is 16.5. The fourth-order valence-electron chi connectivity index (χ4n) is 1.34. The molecule has 2 rings (SSSR count). The van der Waals surface area contributed by atoms with Gasteiger partial charge in [-0.05, 0) is 24.3 Å². The van der Waals surface area contributed by atoms with Gasteiger partial charge in [0, 0.05) is 23.5 Å². The van der Waals surface area contributed by atoms with Gasteiger partial charge in [-0.1, -0.05) is 6.07 Å². The van der Waals surface area contributed by atoms with Crippen LogP contribution in [0.4, 0.5) is 17.1 Å². The van der Waals surface area contributed by atoms with Crippen molar-refractivity contribution in [2.75, 3.05) is 17.2 Å². The normalized spacial score (nSPS) is 10.0. The average Bonchev–Trinajstić information content (AvgIpc) is 2.24. The first-order valence-corrected chi connectivity index (χ1v) is 4.83. The van der Waals surface area contributed by atoms with E-state index in [4.69, 9.17) is 21.9 Å². The summed E-state index contributed by atoms with van der Waals surface area (Å²) in [5.74, 6) is 1.17. The van der Waals surface area contributed by atoms with Gasteiger partial charge in [-0.2, -0.15) is 0 Å². The van der Waals surface area contributed by atoms with Gasteiger partial charge in [0.05, 0.1) is 5.69 Å². The molecule has 0 aliphatic carbocycles. The van der Waals surface area contributed by atoms with Crippen molar-refractivity contribution >= 4 is 17.1 Å². The molecule has 4 heteroatoms. The lowest BCUT2D eigenvalue weighted by Crippen LogP contribution is -1.94. The van der Waals surface area contributed by atoms with Crippen LogP contribution in [0, 0.1) is 0 Å². The first-order chi connectivity index (χ1) is 7.65. The molecule has 0 atom stereocenters. The smallest absolute Gasteiger partial charge is 0.152 e. The van der Waals surface area contributed by atoms with Crippen molar-refractivity contribution in [3.63, 3.8) is 0 Å². The molecule has 2 aromatic rings. The highest BCUT2D eigenvalue weighted by molar-refractivity contribution is 5.61. The summed E-state index contributed by atoms with van der Waals surface area (Å²) in [5.41, 5.74) is 18.8. The van der Waals surface area contributed by atoms with Gasteiger partial charge in [-0.3, -0.25) is 0 Å². The fourth-order valence-corrected chi connectivity index (χ4v) is 1.34.